The van der Waals surface area contributed by atoms with Crippen molar-refractivity contribution in [2.75, 3.05) is 13.2 Å². The van der Waals surface area contributed by atoms with Crippen molar-refractivity contribution in [3.63, 3.8) is 0 Å². The fraction of sp³-hybridized carbons (Fsp3) is 0.268. The molecule has 81 heavy (non-hydrogen) atoms. The Kier molecular flexibility index (Phi) is 16.5. The quantitative estimate of drug-likeness (QED) is 0.130. The van der Waals surface area contributed by atoms with Crippen LogP contribution in [0.5, 0.6) is 0 Å². The molecular formula is C71H70B2BrKO6. The van der Waals surface area contributed by atoms with Crippen LogP contribution >= 0.6 is 15.9 Å². The Balaban J connectivity index is 0.000000141. The molecule has 0 amide bonds. The number of hydrogen-bond donors (Lipinski definition) is 0. The SMILES string of the molecule is Brc1ccc2c(c1)c1ccccc1c1c3ccccc3c3ccccc3c21.C1CCOC1.CC(C)OB1OC(C)(C)C(C)(C)O1.CC1(C)OB(c2ccc3c(c2)c2ccccc2c2c4ccccc4c4ccccc4c32)OC1(C)C.[H-].[K+]. The first-order valence-electron chi connectivity index (χ1n) is 28.4. The van der Waals surface area contributed by atoms with Gasteiger partial charge in [-0.3, -0.25) is 0 Å². The predicted octanol–water partition coefficient (Wildman–Crippen LogP) is 15.9. The topological polar surface area (TPSA) is 55.4 Å². The van der Waals surface area contributed by atoms with E-state index in [0.717, 1.165) is 23.1 Å². The summed E-state index contributed by atoms with van der Waals surface area (Å²) in [5, 5.41) is 26.1. The van der Waals surface area contributed by atoms with Crippen LogP contribution < -0.4 is 56.8 Å². The molecule has 0 aromatic heterocycles. The van der Waals surface area contributed by atoms with Crippen LogP contribution in [0.15, 0.2) is 186 Å². The molecule has 0 aliphatic carbocycles. The summed E-state index contributed by atoms with van der Waals surface area (Å²) in [7, 11) is -0.905. The molecule has 404 valence electrons. The largest absolute Gasteiger partial charge is 1.00 e. The van der Waals surface area contributed by atoms with Crippen LogP contribution in [0.25, 0.3) is 108 Å². The predicted molar refractivity (Wildman–Crippen MR) is 345 cm³/mol. The molecule has 6 nitrogen and oxygen atoms in total. The van der Waals surface area contributed by atoms with Gasteiger partial charge in [0.25, 0.3) is 0 Å². The molecule has 0 atom stereocenters. The molecule has 0 bridgehead atoms. The molecule has 3 aliphatic rings. The summed E-state index contributed by atoms with van der Waals surface area (Å²) in [5.74, 6) is 0. The fourth-order valence-electron chi connectivity index (χ4n) is 11.9. The van der Waals surface area contributed by atoms with Gasteiger partial charge < -0.3 is 29.4 Å². The van der Waals surface area contributed by atoms with Crippen LogP contribution in [0.2, 0.25) is 0 Å². The van der Waals surface area contributed by atoms with Crippen molar-refractivity contribution in [1.29, 1.82) is 0 Å². The zero-order chi connectivity index (χ0) is 55.7. The van der Waals surface area contributed by atoms with Gasteiger partial charge in [-0.25, -0.2) is 0 Å². The van der Waals surface area contributed by atoms with Gasteiger partial charge >= 0.3 is 65.8 Å². The molecule has 10 heteroatoms. The molecule has 0 saturated carbocycles. The maximum absolute atomic E-state index is 6.40. The molecule has 3 saturated heterocycles. The van der Waals surface area contributed by atoms with E-state index in [1.165, 1.54) is 121 Å². The molecular weight excluding hydrogens is 1090 g/mol. The average molecular weight is 1160 g/mol. The van der Waals surface area contributed by atoms with E-state index in [1.54, 1.807) is 0 Å². The van der Waals surface area contributed by atoms with E-state index in [0.29, 0.717) is 0 Å². The van der Waals surface area contributed by atoms with E-state index < -0.39 is 7.32 Å². The van der Waals surface area contributed by atoms with E-state index >= 15 is 0 Å². The summed E-state index contributed by atoms with van der Waals surface area (Å²) in [6.07, 6.45) is 2.68. The van der Waals surface area contributed by atoms with Crippen LogP contribution in [0.4, 0.5) is 0 Å². The number of benzene rings is 12. The van der Waals surface area contributed by atoms with Gasteiger partial charge in [-0.1, -0.05) is 186 Å². The van der Waals surface area contributed by atoms with Crippen LogP contribution in [-0.2, 0) is 28.0 Å². The summed E-state index contributed by atoms with van der Waals surface area (Å²) >= 11 is 3.67. The van der Waals surface area contributed by atoms with Crippen molar-refractivity contribution in [2.24, 2.45) is 0 Å². The third kappa shape index (κ3) is 10.7. The van der Waals surface area contributed by atoms with Crippen molar-refractivity contribution >= 4 is 144 Å². The molecule has 15 rings (SSSR count). The maximum Gasteiger partial charge on any atom is 1.00 e. The van der Waals surface area contributed by atoms with E-state index in [2.05, 4.69) is 226 Å². The summed E-state index contributed by atoms with van der Waals surface area (Å²) in [5.41, 5.74) is -0.273. The average Bonchev–Trinajstić information content (AvgIpc) is 3.65. The Bertz CT molecular complexity index is 4330. The fourth-order valence-corrected chi connectivity index (χ4v) is 12.3. The van der Waals surface area contributed by atoms with Crippen LogP contribution in [0.1, 0.15) is 83.5 Å². The minimum atomic E-state index is -0.523. The standard InChI is InChI=1S/C32H27BO2.C26H15Br.C9H19BO3.C4H8O.K.H/c1-31(2)32(3,4)35-33(34-31)20-17-18-27-28(19-20)23-13-7-10-16-26(23)29-24-14-8-5-11-21(24)22-12-6-9-15-25(22)30(27)29;27-16-13-14-23-24(15-16)19-9-3-6-12-22(19)25-20-10-4-1-7-17(20)18-8-2-5-11-21(18)26(23)25;1-7(2)11-10-12-8(3,4)9(5,6)13-10;1-2-4-5-3-1;;/h5-19H,1-4H3;1-15H;7H,1-6H3;1-4H2;;/q;;;;+1;-1. The number of hydrogen-bond acceptors (Lipinski definition) is 6. The van der Waals surface area contributed by atoms with Gasteiger partial charge in [-0.05, 0) is 207 Å². The summed E-state index contributed by atoms with van der Waals surface area (Å²) in [4.78, 5) is 0. The van der Waals surface area contributed by atoms with Gasteiger partial charge in [0.15, 0.2) is 0 Å². The number of halogens is 1. The number of fused-ring (bicyclic) bond motifs is 22. The third-order valence-corrected chi connectivity index (χ3v) is 17.9. The van der Waals surface area contributed by atoms with Crippen LogP contribution in [-0.4, -0.2) is 56.2 Å². The summed E-state index contributed by atoms with van der Waals surface area (Å²) in [6, 6.07) is 66.2. The van der Waals surface area contributed by atoms with Gasteiger partial charge in [0.1, 0.15) is 0 Å². The summed E-state index contributed by atoms with van der Waals surface area (Å²) in [6.45, 7) is 22.4. The van der Waals surface area contributed by atoms with Gasteiger partial charge in [0.2, 0.25) is 0 Å². The number of ether oxygens (including phenoxy) is 1. The molecule has 0 unspecified atom stereocenters. The first kappa shape index (κ1) is 58.0. The van der Waals surface area contributed by atoms with Crippen molar-refractivity contribution in [2.45, 2.75) is 111 Å². The van der Waals surface area contributed by atoms with Gasteiger partial charge in [0, 0.05) is 23.8 Å². The smallest absolute Gasteiger partial charge is 1.00 e. The molecule has 3 fully saturated rings. The molecule has 3 aliphatic heterocycles. The summed E-state index contributed by atoms with van der Waals surface area (Å²) < 4.78 is 35.6. The van der Waals surface area contributed by atoms with Gasteiger partial charge in [-0.15, -0.1) is 0 Å². The monoisotopic (exact) mass is 1160 g/mol. The molecule has 0 spiro atoms. The van der Waals surface area contributed by atoms with Crippen LogP contribution in [0, 0.1) is 0 Å². The zero-order valence-electron chi connectivity index (χ0n) is 49.7. The van der Waals surface area contributed by atoms with Crippen LogP contribution in [0.3, 0.4) is 0 Å². The Morgan fingerprint density at radius 3 is 0.988 bits per heavy atom. The Labute approximate surface area is 529 Å². The molecule has 12 aromatic rings. The van der Waals surface area contributed by atoms with E-state index in [-0.39, 0.29) is 88.4 Å². The van der Waals surface area contributed by atoms with Gasteiger partial charge in [-0.2, -0.15) is 0 Å². The first-order chi connectivity index (χ1) is 38.4. The van der Waals surface area contributed by atoms with E-state index in [4.69, 9.17) is 28.0 Å². The zero-order valence-corrected chi connectivity index (χ0v) is 53.4. The minimum absolute atomic E-state index is 0. The molecule has 3 heterocycles. The minimum Gasteiger partial charge on any atom is -1.00 e. The van der Waals surface area contributed by atoms with Crippen molar-refractivity contribution < 1.29 is 80.8 Å². The molecule has 0 N–H and O–H groups in total. The molecule has 12 aromatic carbocycles. The number of rotatable bonds is 3. The Morgan fingerprint density at radius 1 is 0.383 bits per heavy atom. The van der Waals surface area contributed by atoms with Crippen molar-refractivity contribution in [3.8, 4) is 0 Å². The van der Waals surface area contributed by atoms with E-state index in [1.807, 2.05) is 41.5 Å². The second kappa shape index (κ2) is 23.0. The normalized spacial score (nSPS) is 17.0. The Hall–Kier alpha value is -4.75. The third-order valence-electron chi connectivity index (χ3n) is 17.4. The van der Waals surface area contributed by atoms with Gasteiger partial charge in [0.05, 0.1) is 22.4 Å². The second-order valence-electron chi connectivity index (χ2n) is 23.9. The molecule has 0 radical (unpaired) electrons. The maximum atomic E-state index is 6.40. The van der Waals surface area contributed by atoms with Crippen molar-refractivity contribution in [1.82, 2.24) is 0 Å². The Morgan fingerprint density at radius 2 is 0.667 bits per heavy atom. The van der Waals surface area contributed by atoms with E-state index in [9.17, 15) is 0 Å². The van der Waals surface area contributed by atoms with Crippen molar-refractivity contribution in [3.05, 3.63) is 186 Å². The second-order valence-corrected chi connectivity index (χ2v) is 24.8. The first-order valence-corrected chi connectivity index (χ1v) is 29.2.